The third-order valence-electron chi connectivity index (χ3n) is 5.71. The van der Waals surface area contributed by atoms with Gasteiger partial charge in [0.15, 0.2) is 5.78 Å². The van der Waals surface area contributed by atoms with Crippen molar-refractivity contribution in [1.82, 2.24) is 9.97 Å². The molecule has 5 rings (SSSR count). The van der Waals surface area contributed by atoms with Crippen LogP contribution in [0.25, 0.3) is 0 Å². The first-order valence-electron chi connectivity index (χ1n) is 9.36. The fourth-order valence-electron chi connectivity index (χ4n) is 4.34. The molecular formula is C20H22N4O2. The van der Waals surface area contributed by atoms with Crippen molar-refractivity contribution in [2.75, 3.05) is 36.0 Å². The van der Waals surface area contributed by atoms with Crippen LogP contribution in [0.4, 0.5) is 11.6 Å². The zero-order chi connectivity index (χ0) is 17.6. The summed E-state index contributed by atoms with van der Waals surface area (Å²) in [5, 5.41) is 0. The van der Waals surface area contributed by atoms with E-state index in [1.165, 1.54) is 12.8 Å². The number of carbonyl (C=O) groups is 1. The number of anilines is 2. The summed E-state index contributed by atoms with van der Waals surface area (Å²) in [5.41, 5.74) is 0.263. The number of nitrogens with zero attached hydrogens (tertiary/aromatic N) is 4. The Kier molecular flexibility index (Phi) is 3.58. The van der Waals surface area contributed by atoms with Crippen molar-refractivity contribution < 1.29 is 9.53 Å². The largest absolute Gasteiger partial charge is 0.484 e. The van der Waals surface area contributed by atoms with E-state index in [-0.39, 0.29) is 5.78 Å². The second kappa shape index (κ2) is 5.97. The maximum Gasteiger partial charge on any atom is 0.170 e. The molecule has 1 aromatic carbocycles. The predicted molar refractivity (Wildman–Crippen MR) is 99.1 cm³/mol. The third-order valence-corrected chi connectivity index (χ3v) is 5.71. The van der Waals surface area contributed by atoms with Gasteiger partial charge in [0.25, 0.3) is 0 Å². The summed E-state index contributed by atoms with van der Waals surface area (Å²) < 4.78 is 6.32. The molecule has 6 heteroatoms. The number of hydrogen-bond acceptors (Lipinski definition) is 6. The molecule has 0 saturated carbocycles. The number of para-hydroxylation sites is 1. The fraction of sp³-hybridized carbons (Fsp3) is 0.450. The van der Waals surface area contributed by atoms with Gasteiger partial charge in [0.1, 0.15) is 29.3 Å². The Labute approximate surface area is 152 Å². The molecule has 26 heavy (non-hydrogen) atoms. The van der Waals surface area contributed by atoms with Crippen LogP contribution in [0.2, 0.25) is 0 Å². The highest BCUT2D eigenvalue weighted by Crippen LogP contribution is 2.39. The van der Waals surface area contributed by atoms with E-state index in [1.807, 2.05) is 24.3 Å². The van der Waals surface area contributed by atoms with E-state index >= 15 is 0 Å². The quantitative estimate of drug-likeness (QED) is 0.830. The zero-order valence-corrected chi connectivity index (χ0v) is 14.7. The predicted octanol–water partition coefficient (Wildman–Crippen LogP) is 2.69. The molecule has 2 aromatic rings. The molecule has 0 bridgehead atoms. The molecule has 1 atom stereocenters. The highest BCUT2D eigenvalue weighted by molar-refractivity contribution is 6.00. The summed E-state index contributed by atoms with van der Waals surface area (Å²) in [7, 11) is 0. The summed E-state index contributed by atoms with van der Waals surface area (Å²) in [6.07, 6.45) is 5.36. The normalized spacial score (nSPS) is 24.8. The molecule has 3 aliphatic heterocycles. The van der Waals surface area contributed by atoms with Gasteiger partial charge in [-0.05, 0) is 25.0 Å². The molecule has 0 amide bonds. The summed E-state index contributed by atoms with van der Waals surface area (Å²) in [6.45, 7) is 3.65. The molecule has 0 aliphatic carbocycles. The Bertz CT molecular complexity index is 849. The summed E-state index contributed by atoms with van der Waals surface area (Å²) in [6, 6.07) is 9.63. The van der Waals surface area contributed by atoms with E-state index in [2.05, 4.69) is 25.8 Å². The van der Waals surface area contributed by atoms with Gasteiger partial charge >= 0.3 is 0 Å². The van der Waals surface area contributed by atoms with E-state index in [4.69, 9.17) is 4.74 Å². The van der Waals surface area contributed by atoms with Crippen LogP contribution in [0, 0.1) is 0 Å². The first-order valence-corrected chi connectivity index (χ1v) is 9.36. The third kappa shape index (κ3) is 2.60. The topological polar surface area (TPSA) is 58.6 Å². The van der Waals surface area contributed by atoms with E-state index in [9.17, 15) is 4.79 Å². The van der Waals surface area contributed by atoms with Crippen molar-refractivity contribution in [2.24, 2.45) is 0 Å². The molecule has 0 N–H and O–H groups in total. The second-order valence-electron chi connectivity index (χ2n) is 7.48. The molecule has 0 radical (unpaired) electrons. The average molecular weight is 350 g/mol. The van der Waals surface area contributed by atoms with Gasteiger partial charge in [-0.15, -0.1) is 0 Å². The van der Waals surface area contributed by atoms with Crippen LogP contribution in [-0.4, -0.2) is 47.5 Å². The molecule has 6 nitrogen and oxygen atoms in total. The van der Waals surface area contributed by atoms with Crippen LogP contribution in [0.15, 0.2) is 36.7 Å². The SMILES string of the molecule is O=C1CC2(CCN(c3cc(N4CCCC4)ncn3)C2)Oc2ccccc21. The van der Waals surface area contributed by atoms with Crippen molar-refractivity contribution in [3.8, 4) is 5.75 Å². The molecular weight excluding hydrogens is 328 g/mol. The van der Waals surface area contributed by atoms with Crippen LogP contribution in [0.5, 0.6) is 5.75 Å². The number of rotatable bonds is 2. The van der Waals surface area contributed by atoms with Gasteiger partial charge in [0.05, 0.1) is 18.5 Å². The van der Waals surface area contributed by atoms with E-state index in [0.29, 0.717) is 24.3 Å². The zero-order valence-electron chi connectivity index (χ0n) is 14.7. The Balaban J connectivity index is 1.38. The maximum atomic E-state index is 12.6. The fourth-order valence-corrected chi connectivity index (χ4v) is 4.34. The van der Waals surface area contributed by atoms with Gasteiger partial charge in [-0.2, -0.15) is 0 Å². The Morgan fingerprint density at radius 3 is 2.62 bits per heavy atom. The van der Waals surface area contributed by atoms with Crippen molar-refractivity contribution in [1.29, 1.82) is 0 Å². The molecule has 1 unspecified atom stereocenters. The number of Topliss-reactive ketones (excluding diaryl/α,β-unsaturated/α-hetero) is 1. The van der Waals surface area contributed by atoms with Crippen LogP contribution in [-0.2, 0) is 0 Å². The summed E-state index contributed by atoms with van der Waals surface area (Å²) >= 11 is 0. The molecule has 2 fully saturated rings. The molecule has 1 spiro atoms. The first kappa shape index (κ1) is 15.6. The summed E-state index contributed by atoms with van der Waals surface area (Å²) in [4.78, 5) is 26.0. The van der Waals surface area contributed by atoms with E-state index < -0.39 is 5.60 Å². The second-order valence-corrected chi connectivity index (χ2v) is 7.48. The number of hydrogen-bond donors (Lipinski definition) is 0. The molecule has 1 aromatic heterocycles. The maximum absolute atomic E-state index is 12.6. The Morgan fingerprint density at radius 2 is 1.77 bits per heavy atom. The van der Waals surface area contributed by atoms with Crippen molar-refractivity contribution in [3.05, 3.63) is 42.2 Å². The number of benzene rings is 1. The van der Waals surface area contributed by atoms with Crippen molar-refractivity contribution >= 4 is 17.4 Å². The van der Waals surface area contributed by atoms with Crippen molar-refractivity contribution in [2.45, 2.75) is 31.3 Å². The van der Waals surface area contributed by atoms with E-state index in [0.717, 1.165) is 37.7 Å². The minimum atomic E-state index is -0.440. The lowest BCUT2D eigenvalue weighted by Crippen LogP contribution is -2.44. The van der Waals surface area contributed by atoms with Gasteiger partial charge in [-0.1, -0.05) is 12.1 Å². The molecule has 2 saturated heterocycles. The lowest BCUT2D eigenvalue weighted by atomic mass is 9.89. The number of ether oxygens (including phenoxy) is 1. The highest BCUT2D eigenvalue weighted by Gasteiger charge is 2.46. The van der Waals surface area contributed by atoms with Crippen LogP contribution in [0.3, 0.4) is 0 Å². The van der Waals surface area contributed by atoms with Gasteiger partial charge in [0.2, 0.25) is 0 Å². The van der Waals surface area contributed by atoms with E-state index in [1.54, 1.807) is 6.33 Å². The van der Waals surface area contributed by atoms with Crippen molar-refractivity contribution in [3.63, 3.8) is 0 Å². The smallest absolute Gasteiger partial charge is 0.170 e. The minimum absolute atomic E-state index is 0.175. The number of carbonyl (C=O) groups excluding carboxylic acids is 1. The van der Waals surface area contributed by atoms with Crippen LogP contribution in [0.1, 0.15) is 36.0 Å². The molecule has 4 heterocycles. The monoisotopic (exact) mass is 350 g/mol. The number of fused-ring (bicyclic) bond motifs is 1. The van der Waals surface area contributed by atoms with Crippen LogP contribution < -0.4 is 14.5 Å². The minimum Gasteiger partial charge on any atom is -0.484 e. The Morgan fingerprint density at radius 1 is 1.00 bits per heavy atom. The van der Waals surface area contributed by atoms with Crippen LogP contribution >= 0.6 is 0 Å². The molecule has 134 valence electrons. The van der Waals surface area contributed by atoms with Gasteiger partial charge in [0, 0.05) is 32.1 Å². The van der Waals surface area contributed by atoms with Gasteiger partial charge < -0.3 is 14.5 Å². The van der Waals surface area contributed by atoms with Gasteiger partial charge in [-0.25, -0.2) is 9.97 Å². The lowest BCUT2D eigenvalue weighted by molar-refractivity contribution is 0.0538. The molecule has 3 aliphatic rings. The van der Waals surface area contributed by atoms with Gasteiger partial charge in [-0.3, -0.25) is 4.79 Å². The standard InChI is InChI=1S/C20H22N4O2/c25-16-12-20(26-17-6-2-1-5-15(16)17)7-10-24(13-20)19-11-18(21-14-22-19)23-8-3-4-9-23/h1-2,5-6,11,14H,3-4,7-10,12-13H2. The summed E-state index contributed by atoms with van der Waals surface area (Å²) in [5.74, 6) is 2.81. The number of aromatic nitrogens is 2. The first-order chi connectivity index (χ1) is 12.7. The number of ketones is 1. The lowest BCUT2D eigenvalue weighted by Gasteiger charge is -2.34. The Hall–Kier alpha value is -2.63. The highest BCUT2D eigenvalue weighted by atomic mass is 16.5. The average Bonchev–Trinajstić information content (AvgIpc) is 3.33.